The zero-order valence-corrected chi connectivity index (χ0v) is 11.6. The number of aromatic nitrogens is 1. The Bertz CT molecular complexity index is 579. The van der Waals surface area contributed by atoms with E-state index in [0.29, 0.717) is 26.3 Å². The molecule has 2 saturated heterocycles. The molecule has 2 aliphatic heterocycles. The number of fused-ring (bicyclic) bond motifs is 2. The molecule has 4 nitrogen and oxygen atoms in total. The Morgan fingerprint density at radius 3 is 2.50 bits per heavy atom. The number of ether oxygens (including phenoxy) is 1. The van der Waals surface area contributed by atoms with Gasteiger partial charge in [-0.3, -0.25) is 4.79 Å². The molecule has 3 heterocycles. The number of piperidine rings is 1. The molecule has 0 radical (unpaired) electrons. The van der Waals surface area contributed by atoms with E-state index >= 15 is 0 Å². The molecule has 0 saturated carbocycles. The van der Waals surface area contributed by atoms with E-state index in [1.54, 1.807) is 0 Å². The summed E-state index contributed by atoms with van der Waals surface area (Å²) < 4.78 is 57.4. The fraction of sp³-hybridized carbons (Fsp3) is 0.571. The third-order valence-corrected chi connectivity index (χ3v) is 4.01. The van der Waals surface area contributed by atoms with Gasteiger partial charge in [0.2, 0.25) is 0 Å². The second-order valence-corrected chi connectivity index (χ2v) is 5.73. The van der Waals surface area contributed by atoms with Gasteiger partial charge in [-0.1, -0.05) is 0 Å². The first-order chi connectivity index (χ1) is 10.4. The van der Waals surface area contributed by atoms with Crippen molar-refractivity contribution in [3.05, 3.63) is 29.3 Å². The van der Waals surface area contributed by atoms with Crippen molar-refractivity contribution < 1.29 is 27.1 Å². The predicted molar refractivity (Wildman–Crippen MR) is 67.5 cm³/mol. The van der Waals surface area contributed by atoms with Crippen LogP contribution in [0, 0.1) is 17.7 Å². The van der Waals surface area contributed by atoms with E-state index < -0.39 is 29.2 Å². The van der Waals surface area contributed by atoms with E-state index in [1.807, 2.05) is 0 Å². The SMILES string of the molecule is O=C(c1ccnc(C(F)(F)F)c1F)N1CC2COCC(C2)C1. The number of pyridine rings is 1. The van der Waals surface area contributed by atoms with Crippen LogP contribution in [0.15, 0.2) is 12.3 Å². The fourth-order valence-corrected chi connectivity index (χ4v) is 3.10. The minimum absolute atomic E-state index is 0.156. The zero-order valence-electron chi connectivity index (χ0n) is 11.6. The van der Waals surface area contributed by atoms with Crippen molar-refractivity contribution in [1.82, 2.24) is 9.88 Å². The fourth-order valence-electron chi connectivity index (χ4n) is 3.10. The second kappa shape index (κ2) is 5.49. The van der Waals surface area contributed by atoms with Crippen molar-refractivity contribution in [2.24, 2.45) is 11.8 Å². The zero-order chi connectivity index (χ0) is 15.9. The lowest BCUT2D eigenvalue weighted by molar-refractivity contribution is -0.143. The van der Waals surface area contributed by atoms with Crippen LogP contribution >= 0.6 is 0 Å². The minimum atomic E-state index is -4.92. The molecule has 3 rings (SSSR count). The first-order valence-electron chi connectivity index (χ1n) is 6.95. The molecule has 0 aliphatic carbocycles. The molecular weight excluding hydrogens is 304 g/mol. The number of carbonyl (C=O) groups excluding carboxylic acids is 1. The average molecular weight is 318 g/mol. The summed E-state index contributed by atoms with van der Waals surface area (Å²) in [6.07, 6.45) is -3.18. The van der Waals surface area contributed by atoms with Gasteiger partial charge >= 0.3 is 6.18 Å². The standard InChI is InChI=1S/C14H14F4N2O2/c15-11-10(1-2-19-12(11)14(16,17)18)13(21)20-4-8-3-9(5-20)7-22-6-8/h1-2,8-9H,3-7H2. The van der Waals surface area contributed by atoms with E-state index in [1.165, 1.54) is 4.90 Å². The largest absolute Gasteiger partial charge is 0.436 e. The molecule has 2 atom stereocenters. The molecule has 0 aromatic carbocycles. The smallest absolute Gasteiger partial charge is 0.381 e. The van der Waals surface area contributed by atoms with Crippen LogP contribution in [0.5, 0.6) is 0 Å². The van der Waals surface area contributed by atoms with E-state index in [-0.39, 0.29) is 11.8 Å². The summed E-state index contributed by atoms with van der Waals surface area (Å²) in [5.74, 6) is -2.01. The number of halogens is 4. The third-order valence-electron chi connectivity index (χ3n) is 4.01. The van der Waals surface area contributed by atoms with Gasteiger partial charge in [0.25, 0.3) is 5.91 Å². The lowest BCUT2D eigenvalue weighted by Gasteiger charge is -2.41. The predicted octanol–water partition coefficient (Wildman–Crippen LogP) is 2.35. The summed E-state index contributed by atoms with van der Waals surface area (Å²) in [6, 6.07) is 0.994. The summed E-state index contributed by atoms with van der Waals surface area (Å²) in [7, 11) is 0. The Hall–Kier alpha value is -1.70. The maximum Gasteiger partial charge on any atom is 0.436 e. The molecule has 2 unspecified atom stereocenters. The van der Waals surface area contributed by atoms with Crippen molar-refractivity contribution in [2.75, 3.05) is 26.3 Å². The van der Waals surface area contributed by atoms with Crippen molar-refractivity contribution in [3.8, 4) is 0 Å². The number of carbonyl (C=O) groups is 1. The Balaban J connectivity index is 1.86. The van der Waals surface area contributed by atoms with E-state index in [4.69, 9.17) is 4.74 Å². The number of nitrogens with zero attached hydrogens (tertiary/aromatic N) is 2. The number of alkyl halides is 3. The summed E-state index contributed by atoms with van der Waals surface area (Å²) >= 11 is 0. The number of hydrogen-bond acceptors (Lipinski definition) is 3. The average Bonchev–Trinajstić information content (AvgIpc) is 2.45. The number of likely N-dealkylation sites (tertiary alicyclic amines) is 1. The highest BCUT2D eigenvalue weighted by atomic mass is 19.4. The van der Waals surface area contributed by atoms with Gasteiger partial charge in [0.05, 0.1) is 18.8 Å². The summed E-state index contributed by atoms with van der Waals surface area (Å²) in [5.41, 5.74) is -2.23. The van der Waals surface area contributed by atoms with Crippen molar-refractivity contribution in [2.45, 2.75) is 12.6 Å². The van der Waals surface area contributed by atoms with E-state index in [0.717, 1.165) is 18.7 Å². The summed E-state index contributed by atoms with van der Waals surface area (Å²) in [5, 5.41) is 0. The van der Waals surface area contributed by atoms with Gasteiger partial charge in [0.1, 0.15) is 0 Å². The molecule has 2 fully saturated rings. The molecule has 0 spiro atoms. The van der Waals surface area contributed by atoms with Gasteiger partial charge in [0, 0.05) is 31.1 Å². The van der Waals surface area contributed by atoms with Crippen LogP contribution in [0.2, 0.25) is 0 Å². The highest BCUT2D eigenvalue weighted by Crippen LogP contribution is 2.32. The molecule has 1 aromatic heterocycles. The van der Waals surface area contributed by atoms with Crippen molar-refractivity contribution in [1.29, 1.82) is 0 Å². The Morgan fingerprint density at radius 2 is 1.91 bits per heavy atom. The monoisotopic (exact) mass is 318 g/mol. The van der Waals surface area contributed by atoms with Gasteiger partial charge in [-0.15, -0.1) is 0 Å². The van der Waals surface area contributed by atoms with Gasteiger partial charge in [-0.05, 0) is 12.5 Å². The normalized spacial score (nSPS) is 25.2. The topological polar surface area (TPSA) is 42.4 Å². The number of hydrogen-bond donors (Lipinski definition) is 0. The van der Waals surface area contributed by atoms with Crippen LogP contribution in [0.1, 0.15) is 22.5 Å². The van der Waals surface area contributed by atoms with E-state index in [2.05, 4.69) is 4.98 Å². The lowest BCUT2D eigenvalue weighted by atomic mass is 9.88. The second-order valence-electron chi connectivity index (χ2n) is 5.73. The lowest BCUT2D eigenvalue weighted by Crippen LogP contribution is -2.49. The van der Waals surface area contributed by atoms with Crippen LogP contribution in [0.25, 0.3) is 0 Å². The highest BCUT2D eigenvalue weighted by molar-refractivity contribution is 5.94. The molecule has 120 valence electrons. The van der Waals surface area contributed by atoms with Crippen LogP contribution in [-0.4, -0.2) is 42.1 Å². The molecule has 2 bridgehead atoms. The van der Waals surface area contributed by atoms with Crippen LogP contribution in [0.3, 0.4) is 0 Å². The Morgan fingerprint density at radius 1 is 1.27 bits per heavy atom. The van der Waals surface area contributed by atoms with Crippen molar-refractivity contribution >= 4 is 5.91 Å². The molecule has 22 heavy (non-hydrogen) atoms. The van der Waals surface area contributed by atoms with Crippen molar-refractivity contribution in [3.63, 3.8) is 0 Å². The molecule has 8 heteroatoms. The molecule has 1 aromatic rings. The first-order valence-corrected chi connectivity index (χ1v) is 6.95. The minimum Gasteiger partial charge on any atom is -0.381 e. The van der Waals surface area contributed by atoms with Crippen LogP contribution in [0.4, 0.5) is 17.6 Å². The number of amides is 1. The maximum atomic E-state index is 14.0. The summed E-state index contributed by atoms with van der Waals surface area (Å²) in [4.78, 5) is 16.8. The molecular formula is C14H14F4N2O2. The van der Waals surface area contributed by atoms with E-state index in [9.17, 15) is 22.4 Å². The first kappa shape index (κ1) is 15.2. The van der Waals surface area contributed by atoms with Crippen LogP contribution in [-0.2, 0) is 10.9 Å². The van der Waals surface area contributed by atoms with Gasteiger partial charge in [-0.25, -0.2) is 9.37 Å². The highest BCUT2D eigenvalue weighted by Gasteiger charge is 2.39. The summed E-state index contributed by atoms with van der Waals surface area (Å²) in [6.45, 7) is 1.79. The van der Waals surface area contributed by atoms with Gasteiger partial charge in [0.15, 0.2) is 11.5 Å². The molecule has 0 N–H and O–H groups in total. The third kappa shape index (κ3) is 2.79. The maximum absolute atomic E-state index is 14.0. The molecule has 1 amide bonds. The van der Waals surface area contributed by atoms with Gasteiger partial charge < -0.3 is 9.64 Å². The Kier molecular flexibility index (Phi) is 3.80. The molecule has 2 aliphatic rings. The Labute approximate surface area is 124 Å². The quantitative estimate of drug-likeness (QED) is 0.747. The van der Waals surface area contributed by atoms with Crippen LogP contribution < -0.4 is 0 Å². The van der Waals surface area contributed by atoms with Gasteiger partial charge in [-0.2, -0.15) is 13.2 Å². The number of rotatable bonds is 1.